The molecule has 0 aliphatic rings. The molecule has 0 spiro atoms. The Balaban J connectivity index is 1.19. The van der Waals surface area contributed by atoms with Crippen molar-refractivity contribution in [1.29, 1.82) is 0 Å². The first-order valence-electron chi connectivity index (χ1n) is 19.8. The number of hydrogen-bond donors (Lipinski definition) is 0. The molecule has 0 saturated heterocycles. The third kappa shape index (κ3) is 5.88. The van der Waals surface area contributed by atoms with Crippen molar-refractivity contribution in [2.45, 2.75) is 41.5 Å². The molecule has 282 valence electrons. The van der Waals surface area contributed by atoms with Crippen LogP contribution in [-0.2, 0) is 0 Å². The van der Waals surface area contributed by atoms with Crippen molar-refractivity contribution < 1.29 is 4.74 Å². The fourth-order valence-electron chi connectivity index (χ4n) is 9.09. The van der Waals surface area contributed by atoms with E-state index >= 15 is 0 Å². The second-order valence-electron chi connectivity index (χ2n) is 15.6. The van der Waals surface area contributed by atoms with Gasteiger partial charge in [-0.3, -0.25) is 4.57 Å². The fourth-order valence-corrected chi connectivity index (χ4v) is 9.09. The van der Waals surface area contributed by atoms with Crippen molar-refractivity contribution in [2.24, 2.45) is 0 Å². The van der Waals surface area contributed by atoms with Crippen LogP contribution >= 0.6 is 0 Å². The molecule has 10 rings (SSSR count). The maximum absolute atomic E-state index is 7.13. The van der Waals surface area contributed by atoms with Gasteiger partial charge in [0.15, 0.2) is 5.75 Å². The normalized spacial score (nSPS) is 11.6. The van der Waals surface area contributed by atoms with Crippen LogP contribution in [0.5, 0.6) is 11.5 Å². The zero-order valence-electron chi connectivity index (χ0n) is 33.6. The molecule has 0 N–H and O–H groups in total. The first kappa shape index (κ1) is 35.2. The lowest BCUT2D eigenvalue weighted by molar-refractivity contribution is 0.486. The third-order valence-electron chi connectivity index (χ3n) is 11.3. The second kappa shape index (κ2) is 13.8. The number of para-hydroxylation sites is 4. The lowest BCUT2D eigenvalue weighted by atomic mass is 9.98. The van der Waals surface area contributed by atoms with Crippen LogP contribution in [0, 0.1) is 41.5 Å². The number of aromatic nitrogens is 5. The summed E-state index contributed by atoms with van der Waals surface area (Å²) < 4.78 is 13.7. The lowest BCUT2D eigenvalue weighted by Crippen LogP contribution is -2.04. The van der Waals surface area contributed by atoms with Crippen LogP contribution in [0.4, 0.5) is 0 Å². The average molecular weight is 754 g/mol. The number of aryl methyl sites for hydroxylation is 6. The van der Waals surface area contributed by atoms with Gasteiger partial charge in [0, 0.05) is 39.8 Å². The van der Waals surface area contributed by atoms with Gasteiger partial charge in [-0.1, -0.05) is 90.0 Å². The molecule has 3 heterocycles. The van der Waals surface area contributed by atoms with E-state index in [9.17, 15) is 0 Å². The smallest absolute Gasteiger partial charge is 0.152 e. The first-order valence-corrected chi connectivity index (χ1v) is 19.8. The van der Waals surface area contributed by atoms with E-state index in [0.29, 0.717) is 5.75 Å². The number of ether oxygens (including phenoxy) is 1. The average Bonchev–Trinajstić information content (AvgIpc) is 3.93. The molecule has 0 amide bonds. The van der Waals surface area contributed by atoms with E-state index in [0.717, 1.165) is 72.7 Å². The van der Waals surface area contributed by atoms with Crippen LogP contribution in [0.3, 0.4) is 0 Å². The molecule has 0 fully saturated rings. The van der Waals surface area contributed by atoms with Gasteiger partial charge in [-0.2, -0.15) is 5.10 Å². The SMILES string of the molecule is Cc1cc(C)c(-c2ccn(-c3cccc(Oc4cc(-c5nc6ccccc6n5-c5c(C)cc(C)cc5C)cc5c6ccccc6n(-c6ccccc6)c45)c3)n2)c(C)c1. The van der Waals surface area contributed by atoms with Crippen molar-refractivity contribution in [2.75, 3.05) is 0 Å². The molecule has 0 radical (unpaired) electrons. The minimum Gasteiger partial charge on any atom is -0.455 e. The molecule has 58 heavy (non-hydrogen) atoms. The quantitative estimate of drug-likeness (QED) is 0.163. The molecular formula is C52H43N5O. The van der Waals surface area contributed by atoms with Gasteiger partial charge in [0.1, 0.15) is 11.6 Å². The number of nitrogens with zero attached hydrogens (tertiary/aromatic N) is 5. The van der Waals surface area contributed by atoms with Crippen LogP contribution in [0.2, 0.25) is 0 Å². The monoisotopic (exact) mass is 753 g/mol. The Morgan fingerprint density at radius 1 is 0.517 bits per heavy atom. The fraction of sp³-hybridized carbons (Fsp3) is 0.115. The number of benzene rings is 7. The van der Waals surface area contributed by atoms with Crippen molar-refractivity contribution in [3.8, 4) is 51.2 Å². The topological polar surface area (TPSA) is 49.8 Å². The predicted octanol–water partition coefficient (Wildman–Crippen LogP) is 13.3. The highest BCUT2D eigenvalue weighted by molar-refractivity contribution is 6.12. The molecule has 6 heteroatoms. The Bertz CT molecular complexity index is 3170. The maximum atomic E-state index is 7.13. The van der Waals surface area contributed by atoms with Crippen LogP contribution in [0.25, 0.3) is 72.5 Å². The zero-order valence-corrected chi connectivity index (χ0v) is 33.6. The summed E-state index contributed by atoms with van der Waals surface area (Å²) in [5.41, 5.74) is 17.6. The summed E-state index contributed by atoms with van der Waals surface area (Å²) in [6.45, 7) is 13.0. The third-order valence-corrected chi connectivity index (χ3v) is 11.3. The number of imidazole rings is 1. The minimum atomic E-state index is 0.708. The van der Waals surface area contributed by atoms with E-state index in [4.69, 9.17) is 14.8 Å². The van der Waals surface area contributed by atoms with Crippen LogP contribution < -0.4 is 4.74 Å². The van der Waals surface area contributed by atoms with E-state index < -0.39 is 0 Å². The first-order chi connectivity index (χ1) is 28.2. The summed E-state index contributed by atoms with van der Waals surface area (Å²) in [4.78, 5) is 5.35. The lowest BCUT2D eigenvalue weighted by Gasteiger charge is -2.18. The van der Waals surface area contributed by atoms with E-state index in [-0.39, 0.29) is 0 Å². The van der Waals surface area contributed by atoms with E-state index in [2.05, 4.69) is 184 Å². The van der Waals surface area contributed by atoms with Gasteiger partial charge in [0.25, 0.3) is 0 Å². The Morgan fingerprint density at radius 3 is 1.93 bits per heavy atom. The standard InChI is InChI=1S/C52H43N5O/c1-32-25-34(3)49(35(4)26-32)45-23-24-55(54-45)40-17-14-18-41(31-40)58-48-30-38(29-43-42-19-10-12-21-46(42)56(51(43)48)39-15-8-7-9-16-39)52-53-44-20-11-13-22-47(44)57(52)50-36(5)27-33(2)28-37(50)6/h7-31H,1-6H3. The Labute approximate surface area is 338 Å². The van der Waals surface area contributed by atoms with Crippen LogP contribution in [-0.4, -0.2) is 23.9 Å². The summed E-state index contributed by atoms with van der Waals surface area (Å²) in [5.74, 6) is 2.30. The molecule has 0 unspecified atom stereocenters. The highest BCUT2D eigenvalue weighted by Gasteiger charge is 2.23. The molecule has 3 aromatic heterocycles. The summed E-state index contributed by atoms with van der Waals surface area (Å²) in [6.07, 6.45) is 2.03. The molecule has 0 atom stereocenters. The van der Waals surface area contributed by atoms with Crippen molar-refractivity contribution in [3.05, 3.63) is 185 Å². The van der Waals surface area contributed by atoms with Gasteiger partial charge in [-0.25, -0.2) is 9.67 Å². The molecule has 0 bridgehead atoms. The van der Waals surface area contributed by atoms with Crippen LogP contribution in [0.1, 0.15) is 33.4 Å². The Morgan fingerprint density at radius 2 is 1.17 bits per heavy atom. The second-order valence-corrected chi connectivity index (χ2v) is 15.6. The molecule has 7 aromatic carbocycles. The highest BCUT2D eigenvalue weighted by Crippen LogP contribution is 2.43. The molecule has 0 aliphatic carbocycles. The van der Waals surface area contributed by atoms with E-state index in [1.54, 1.807) is 0 Å². The maximum Gasteiger partial charge on any atom is 0.152 e. The van der Waals surface area contributed by atoms with Gasteiger partial charge < -0.3 is 9.30 Å². The van der Waals surface area contributed by atoms with Gasteiger partial charge in [-0.05, 0) is 124 Å². The summed E-state index contributed by atoms with van der Waals surface area (Å²) in [6, 6.07) is 51.2. The largest absolute Gasteiger partial charge is 0.455 e. The van der Waals surface area contributed by atoms with Gasteiger partial charge in [0.2, 0.25) is 0 Å². The zero-order chi connectivity index (χ0) is 39.7. The molecule has 0 saturated carbocycles. The van der Waals surface area contributed by atoms with Crippen molar-refractivity contribution in [1.82, 2.24) is 23.9 Å². The summed E-state index contributed by atoms with van der Waals surface area (Å²) in [5, 5.41) is 7.28. The number of fused-ring (bicyclic) bond motifs is 4. The van der Waals surface area contributed by atoms with Gasteiger partial charge >= 0.3 is 0 Å². The molecule has 0 aliphatic heterocycles. The van der Waals surface area contributed by atoms with Gasteiger partial charge in [0.05, 0.1) is 39.1 Å². The molecule has 10 aromatic rings. The van der Waals surface area contributed by atoms with Crippen molar-refractivity contribution >= 4 is 32.8 Å². The molecule has 6 nitrogen and oxygen atoms in total. The predicted molar refractivity (Wildman–Crippen MR) is 238 cm³/mol. The number of rotatable bonds is 7. The van der Waals surface area contributed by atoms with Gasteiger partial charge in [-0.15, -0.1) is 0 Å². The summed E-state index contributed by atoms with van der Waals surface area (Å²) >= 11 is 0. The van der Waals surface area contributed by atoms with Crippen molar-refractivity contribution in [3.63, 3.8) is 0 Å². The van der Waals surface area contributed by atoms with E-state index in [1.165, 1.54) is 38.9 Å². The highest BCUT2D eigenvalue weighted by atomic mass is 16.5. The molecular weight excluding hydrogens is 711 g/mol. The van der Waals surface area contributed by atoms with Crippen LogP contribution in [0.15, 0.2) is 152 Å². The number of hydrogen-bond acceptors (Lipinski definition) is 3. The minimum absolute atomic E-state index is 0.708. The van der Waals surface area contributed by atoms with E-state index in [1.807, 2.05) is 23.0 Å². The Hall–Kier alpha value is -7.18. The summed E-state index contributed by atoms with van der Waals surface area (Å²) in [7, 11) is 0. The Kier molecular flexibility index (Phi) is 8.38.